The number of aromatic nitrogens is 1. The second kappa shape index (κ2) is 6.47. The molecule has 1 aromatic heterocycles. The van der Waals surface area contributed by atoms with Crippen LogP contribution in [0.4, 0.5) is 11.4 Å². The van der Waals surface area contributed by atoms with E-state index in [2.05, 4.69) is 26.2 Å². The third kappa shape index (κ3) is 3.25. The highest BCUT2D eigenvalue weighted by molar-refractivity contribution is 9.10. The number of aliphatic hydroxyl groups excluding tert-OH is 1. The smallest absolute Gasteiger partial charge is 0.311 e. The van der Waals surface area contributed by atoms with Gasteiger partial charge in [0, 0.05) is 31.4 Å². The summed E-state index contributed by atoms with van der Waals surface area (Å²) in [5.74, 6) is 0. The van der Waals surface area contributed by atoms with Crippen molar-refractivity contribution in [3.05, 3.63) is 27.0 Å². The third-order valence-electron chi connectivity index (χ3n) is 3.54. The van der Waals surface area contributed by atoms with Crippen LogP contribution >= 0.6 is 15.9 Å². The number of hydrogen-bond donors (Lipinski definition) is 2. The molecule has 1 aliphatic heterocycles. The lowest BCUT2D eigenvalue weighted by atomic mass is 9.84. The lowest BCUT2D eigenvalue weighted by molar-refractivity contribution is -0.384. The van der Waals surface area contributed by atoms with Gasteiger partial charge in [-0.2, -0.15) is 0 Å². The van der Waals surface area contributed by atoms with E-state index in [4.69, 9.17) is 4.74 Å². The van der Waals surface area contributed by atoms with Crippen molar-refractivity contribution >= 4 is 27.3 Å². The molecule has 1 fully saturated rings. The predicted molar refractivity (Wildman–Crippen MR) is 76.7 cm³/mol. The van der Waals surface area contributed by atoms with E-state index in [1.54, 1.807) is 0 Å². The van der Waals surface area contributed by atoms with Gasteiger partial charge in [-0.1, -0.05) is 0 Å². The summed E-state index contributed by atoms with van der Waals surface area (Å²) in [6.45, 7) is 1.79. The minimum absolute atomic E-state index is 0.0718. The van der Waals surface area contributed by atoms with Crippen LogP contribution in [0.5, 0.6) is 0 Å². The maximum absolute atomic E-state index is 11.0. The van der Waals surface area contributed by atoms with E-state index in [9.17, 15) is 15.2 Å². The van der Waals surface area contributed by atoms with Gasteiger partial charge in [0.1, 0.15) is 11.9 Å². The van der Waals surface area contributed by atoms with E-state index < -0.39 is 4.92 Å². The van der Waals surface area contributed by atoms with Crippen LogP contribution in [0.25, 0.3) is 0 Å². The average Bonchev–Trinajstić information content (AvgIpc) is 2.86. The van der Waals surface area contributed by atoms with Gasteiger partial charge in [-0.25, -0.2) is 0 Å². The largest absolute Gasteiger partial charge is 0.396 e. The molecular formula is C12H16BrN3O4. The summed E-state index contributed by atoms with van der Waals surface area (Å²) < 4.78 is 5.95. The number of rotatable bonds is 6. The summed E-state index contributed by atoms with van der Waals surface area (Å²) in [6, 6.07) is 0. The molecule has 7 nitrogen and oxygen atoms in total. The van der Waals surface area contributed by atoms with Crippen molar-refractivity contribution in [3.8, 4) is 0 Å². The van der Waals surface area contributed by atoms with Crippen molar-refractivity contribution in [3.63, 3.8) is 0 Å². The zero-order valence-corrected chi connectivity index (χ0v) is 12.4. The minimum Gasteiger partial charge on any atom is -0.396 e. The van der Waals surface area contributed by atoms with Gasteiger partial charge in [-0.15, -0.1) is 0 Å². The number of aliphatic hydroxyl groups is 1. The monoisotopic (exact) mass is 345 g/mol. The standard InChI is InChI=1S/C12H16BrN3O4/c13-9-5-14-6-10(16(18)19)11(9)15-7-12(1-3-17)2-4-20-8-12/h5-6,17H,1-4,7-8H2,(H,14,15)/t12-/m1/s1. The van der Waals surface area contributed by atoms with Crippen LogP contribution in [0.15, 0.2) is 16.9 Å². The number of nitrogens with zero attached hydrogens (tertiary/aromatic N) is 2. The summed E-state index contributed by atoms with van der Waals surface area (Å²) >= 11 is 3.27. The molecule has 0 unspecified atom stereocenters. The molecule has 0 aliphatic carbocycles. The highest BCUT2D eigenvalue weighted by Gasteiger charge is 2.35. The quantitative estimate of drug-likeness (QED) is 0.604. The molecule has 0 spiro atoms. The molecular weight excluding hydrogens is 330 g/mol. The fraction of sp³-hybridized carbons (Fsp3) is 0.583. The SMILES string of the molecule is O=[N+]([O-])c1cncc(Br)c1NC[C@@]1(CCO)CCOC1. The summed E-state index contributed by atoms with van der Waals surface area (Å²) in [6.07, 6.45) is 4.17. The summed E-state index contributed by atoms with van der Waals surface area (Å²) in [5.41, 5.74) is 0.164. The van der Waals surface area contributed by atoms with Crippen LogP contribution in [-0.2, 0) is 4.74 Å². The molecule has 0 bridgehead atoms. The Morgan fingerprint density at radius 2 is 2.40 bits per heavy atom. The van der Waals surface area contributed by atoms with Crippen molar-refractivity contribution in [1.82, 2.24) is 4.98 Å². The Labute approximate surface area is 124 Å². The second-order valence-electron chi connectivity index (χ2n) is 4.90. The van der Waals surface area contributed by atoms with E-state index in [1.807, 2.05) is 0 Å². The van der Waals surface area contributed by atoms with Crippen molar-refractivity contribution in [2.75, 3.05) is 31.7 Å². The number of ether oxygens (including phenoxy) is 1. The summed E-state index contributed by atoms with van der Waals surface area (Å²) in [7, 11) is 0. The Morgan fingerprint density at radius 1 is 1.60 bits per heavy atom. The maximum Gasteiger partial charge on any atom is 0.311 e. The minimum atomic E-state index is -0.468. The van der Waals surface area contributed by atoms with E-state index in [0.29, 0.717) is 36.3 Å². The van der Waals surface area contributed by atoms with Crippen molar-refractivity contribution in [2.24, 2.45) is 5.41 Å². The molecule has 110 valence electrons. The van der Waals surface area contributed by atoms with Crippen LogP contribution in [0.1, 0.15) is 12.8 Å². The highest BCUT2D eigenvalue weighted by atomic mass is 79.9. The van der Waals surface area contributed by atoms with E-state index in [0.717, 1.165) is 6.42 Å². The maximum atomic E-state index is 11.0. The van der Waals surface area contributed by atoms with E-state index in [1.165, 1.54) is 12.4 Å². The highest BCUT2D eigenvalue weighted by Crippen LogP contribution is 2.36. The second-order valence-corrected chi connectivity index (χ2v) is 5.76. The zero-order valence-electron chi connectivity index (χ0n) is 10.8. The molecule has 0 radical (unpaired) electrons. The Bertz CT molecular complexity index is 492. The first-order valence-electron chi connectivity index (χ1n) is 6.28. The number of halogens is 1. The van der Waals surface area contributed by atoms with Crippen LogP contribution in [0.2, 0.25) is 0 Å². The number of nitrogens with one attached hydrogen (secondary N) is 1. The molecule has 2 heterocycles. The van der Waals surface area contributed by atoms with Crippen molar-refractivity contribution in [1.29, 1.82) is 0 Å². The van der Waals surface area contributed by atoms with Crippen LogP contribution in [-0.4, -0.2) is 41.4 Å². The summed E-state index contributed by atoms with van der Waals surface area (Å²) in [4.78, 5) is 14.4. The van der Waals surface area contributed by atoms with E-state index in [-0.39, 0.29) is 17.7 Å². The lowest BCUT2D eigenvalue weighted by Crippen LogP contribution is -2.31. The van der Waals surface area contributed by atoms with Gasteiger partial charge < -0.3 is 15.2 Å². The number of hydrogen-bond acceptors (Lipinski definition) is 6. The van der Waals surface area contributed by atoms with Gasteiger partial charge in [0.15, 0.2) is 0 Å². The molecule has 2 rings (SSSR count). The Hall–Kier alpha value is -1.25. The fourth-order valence-electron chi connectivity index (χ4n) is 2.33. The van der Waals surface area contributed by atoms with Crippen LogP contribution in [0.3, 0.4) is 0 Å². The molecule has 1 aliphatic rings. The van der Waals surface area contributed by atoms with Crippen molar-refractivity contribution < 1.29 is 14.8 Å². The topological polar surface area (TPSA) is 97.5 Å². The third-order valence-corrected chi connectivity index (χ3v) is 4.14. The van der Waals surface area contributed by atoms with Gasteiger partial charge in [-0.05, 0) is 28.8 Å². The van der Waals surface area contributed by atoms with Gasteiger partial charge >= 0.3 is 5.69 Å². The number of anilines is 1. The van der Waals surface area contributed by atoms with Gasteiger partial charge in [-0.3, -0.25) is 15.1 Å². The lowest BCUT2D eigenvalue weighted by Gasteiger charge is -2.27. The molecule has 1 saturated heterocycles. The van der Waals surface area contributed by atoms with E-state index >= 15 is 0 Å². The van der Waals surface area contributed by atoms with Gasteiger partial charge in [0.25, 0.3) is 0 Å². The van der Waals surface area contributed by atoms with Gasteiger partial charge in [0.05, 0.1) is 16.0 Å². The Morgan fingerprint density at radius 3 is 3.00 bits per heavy atom. The molecule has 20 heavy (non-hydrogen) atoms. The van der Waals surface area contributed by atoms with Crippen LogP contribution in [0, 0.1) is 15.5 Å². The van der Waals surface area contributed by atoms with Crippen LogP contribution < -0.4 is 5.32 Å². The Kier molecular flexibility index (Phi) is 4.90. The molecule has 0 amide bonds. The van der Waals surface area contributed by atoms with Crippen molar-refractivity contribution in [2.45, 2.75) is 12.8 Å². The first kappa shape index (κ1) is 15.1. The molecule has 1 aromatic rings. The molecule has 2 N–H and O–H groups in total. The predicted octanol–water partition coefficient (Wildman–Crippen LogP) is 1.95. The number of pyridine rings is 1. The normalized spacial score (nSPS) is 21.9. The molecule has 0 saturated carbocycles. The van der Waals surface area contributed by atoms with Gasteiger partial charge in [0.2, 0.25) is 0 Å². The zero-order chi connectivity index (χ0) is 14.6. The first-order valence-corrected chi connectivity index (χ1v) is 7.08. The molecule has 8 heteroatoms. The fourth-order valence-corrected chi connectivity index (χ4v) is 2.79. The Balaban J connectivity index is 2.15. The average molecular weight is 346 g/mol. The molecule has 1 atom stereocenters. The first-order chi connectivity index (χ1) is 9.58. The number of nitro groups is 1. The molecule has 0 aromatic carbocycles. The summed E-state index contributed by atoms with van der Waals surface area (Å²) in [5, 5.41) is 23.3.